The van der Waals surface area contributed by atoms with Gasteiger partial charge in [0.15, 0.2) is 0 Å². The predicted molar refractivity (Wildman–Crippen MR) is 109 cm³/mol. The standard InChI is InChI=1S/C20H26ClN3O2.ClH/c21-16-6-1-2-7-17(16)24-11-14(10-18(24)25)20(26)23-19-12-4-3-5-13(19)9-15(22)8-12;/h1-2,6-7,12-15,19H,3-5,8-11,22H2,(H,23,26);1H. The lowest BCUT2D eigenvalue weighted by Gasteiger charge is -2.45. The lowest BCUT2D eigenvalue weighted by atomic mass is 9.67. The quantitative estimate of drug-likeness (QED) is 0.801. The van der Waals surface area contributed by atoms with Crippen molar-refractivity contribution in [2.45, 2.75) is 50.6 Å². The molecule has 27 heavy (non-hydrogen) atoms. The fourth-order valence-corrected chi connectivity index (χ4v) is 5.33. The maximum absolute atomic E-state index is 12.9. The van der Waals surface area contributed by atoms with E-state index in [0.717, 1.165) is 25.7 Å². The Bertz CT molecular complexity index is 700. The van der Waals surface area contributed by atoms with Crippen molar-refractivity contribution in [2.75, 3.05) is 11.4 Å². The first-order chi connectivity index (χ1) is 12.5. The second kappa shape index (κ2) is 8.38. The van der Waals surface area contributed by atoms with E-state index in [1.54, 1.807) is 11.0 Å². The Kier molecular flexibility index (Phi) is 6.34. The molecule has 3 aliphatic rings. The van der Waals surface area contributed by atoms with Gasteiger partial charge in [-0.05, 0) is 49.7 Å². The van der Waals surface area contributed by atoms with E-state index in [4.69, 9.17) is 17.3 Å². The molecule has 0 aromatic heterocycles. The monoisotopic (exact) mass is 411 g/mol. The third-order valence-corrected chi connectivity index (χ3v) is 6.64. The van der Waals surface area contributed by atoms with E-state index in [-0.39, 0.29) is 48.6 Å². The molecule has 2 bridgehead atoms. The molecule has 1 heterocycles. The molecule has 148 valence electrons. The number of carbonyl (C=O) groups excluding carboxylic acids is 2. The van der Waals surface area contributed by atoms with Gasteiger partial charge in [-0.15, -0.1) is 12.4 Å². The number of nitrogens with two attached hydrogens (primary N) is 1. The Morgan fingerprint density at radius 3 is 2.52 bits per heavy atom. The van der Waals surface area contributed by atoms with Gasteiger partial charge in [-0.2, -0.15) is 0 Å². The zero-order chi connectivity index (χ0) is 18.3. The van der Waals surface area contributed by atoms with Crippen LogP contribution in [0.5, 0.6) is 0 Å². The average Bonchev–Trinajstić information content (AvgIpc) is 2.98. The summed E-state index contributed by atoms with van der Waals surface area (Å²) in [6, 6.07) is 7.78. The molecule has 5 nitrogen and oxygen atoms in total. The van der Waals surface area contributed by atoms with E-state index < -0.39 is 0 Å². The van der Waals surface area contributed by atoms with E-state index in [2.05, 4.69) is 5.32 Å². The van der Waals surface area contributed by atoms with Gasteiger partial charge in [0.2, 0.25) is 11.8 Å². The van der Waals surface area contributed by atoms with Crippen LogP contribution in [-0.4, -0.2) is 30.4 Å². The highest BCUT2D eigenvalue weighted by atomic mass is 35.5. The number of anilines is 1. The zero-order valence-electron chi connectivity index (χ0n) is 15.3. The van der Waals surface area contributed by atoms with Gasteiger partial charge >= 0.3 is 0 Å². The molecule has 2 saturated carbocycles. The minimum Gasteiger partial charge on any atom is -0.353 e. The summed E-state index contributed by atoms with van der Waals surface area (Å²) in [6.07, 6.45) is 5.76. The number of halogens is 2. The Balaban J connectivity index is 0.00000210. The average molecular weight is 412 g/mol. The number of nitrogens with zero attached hydrogens (tertiary/aromatic N) is 1. The van der Waals surface area contributed by atoms with Crippen LogP contribution in [0.3, 0.4) is 0 Å². The van der Waals surface area contributed by atoms with Crippen LogP contribution in [0.15, 0.2) is 24.3 Å². The highest BCUT2D eigenvalue weighted by molar-refractivity contribution is 6.33. The number of hydrogen-bond acceptors (Lipinski definition) is 3. The topological polar surface area (TPSA) is 75.4 Å². The first-order valence-corrected chi connectivity index (χ1v) is 10.0. The molecule has 3 fully saturated rings. The third kappa shape index (κ3) is 4.10. The molecule has 2 aliphatic carbocycles. The van der Waals surface area contributed by atoms with E-state index in [1.165, 1.54) is 6.42 Å². The summed E-state index contributed by atoms with van der Waals surface area (Å²) in [4.78, 5) is 27.0. The fraction of sp³-hybridized carbons (Fsp3) is 0.600. The summed E-state index contributed by atoms with van der Waals surface area (Å²) in [5, 5.41) is 3.82. The van der Waals surface area contributed by atoms with Crippen molar-refractivity contribution in [1.29, 1.82) is 0 Å². The Morgan fingerprint density at radius 1 is 1.19 bits per heavy atom. The van der Waals surface area contributed by atoms with Crippen LogP contribution >= 0.6 is 24.0 Å². The van der Waals surface area contributed by atoms with Crippen LogP contribution in [0.2, 0.25) is 5.02 Å². The van der Waals surface area contributed by atoms with Crippen LogP contribution in [0.4, 0.5) is 5.69 Å². The molecule has 1 aromatic carbocycles. The summed E-state index contributed by atoms with van der Waals surface area (Å²) in [7, 11) is 0. The van der Waals surface area contributed by atoms with E-state index >= 15 is 0 Å². The van der Waals surface area contributed by atoms with Gasteiger partial charge in [0.25, 0.3) is 0 Å². The van der Waals surface area contributed by atoms with Gasteiger partial charge in [0, 0.05) is 25.0 Å². The number of benzene rings is 1. The Hall–Kier alpha value is -1.30. The molecule has 2 amide bonds. The van der Waals surface area contributed by atoms with Crippen LogP contribution < -0.4 is 16.0 Å². The predicted octanol–water partition coefficient (Wildman–Crippen LogP) is 3.14. The summed E-state index contributed by atoms with van der Waals surface area (Å²) in [5.41, 5.74) is 6.87. The molecule has 4 rings (SSSR count). The van der Waals surface area contributed by atoms with Gasteiger partial charge in [0.05, 0.1) is 16.6 Å². The summed E-state index contributed by atoms with van der Waals surface area (Å²) >= 11 is 6.22. The molecule has 0 radical (unpaired) electrons. The van der Waals surface area contributed by atoms with E-state index in [9.17, 15) is 9.59 Å². The lowest BCUT2D eigenvalue weighted by molar-refractivity contribution is -0.128. The van der Waals surface area contributed by atoms with Gasteiger partial charge in [0.1, 0.15) is 0 Å². The molecule has 7 heteroatoms. The summed E-state index contributed by atoms with van der Waals surface area (Å²) in [5.74, 6) is 0.626. The molecule has 0 spiro atoms. The fourth-order valence-electron chi connectivity index (χ4n) is 5.09. The van der Waals surface area contributed by atoms with Crippen molar-refractivity contribution in [2.24, 2.45) is 23.5 Å². The molecule has 3 unspecified atom stereocenters. The van der Waals surface area contributed by atoms with Crippen LogP contribution in [0, 0.1) is 17.8 Å². The third-order valence-electron chi connectivity index (χ3n) is 6.32. The van der Waals surface area contributed by atoms with Crippen molar-refractivity contribution in [3.05, 3.63) is 29.3 Å². The second-order valence-electron chi connectivity index (χ2n) is 8.07. The van der Waals surface area contributed by atoms with Crippen molar-refractivity contribution >= 4 is 41.5 Å². The molecule has 3 N–H and O–H groups in total. The number of carbonyl (C=O) groups is 2. The number of amides is 2. The first kappa shape index (κ1) is 20.4. The minimum atomic E-state index is -0.310. The van der Waals surface area contributed by atoms with Gasteiger partial charge < -0.3 is 16.0 Å². The molecule has 1 aliphatic heterocycles. The van der Waals surface area contributed by atoms with Crippen LogP contribution in [0.25, 0.3) is 0 Å². The van der Waals surface area contributed by atoms with Crippen LogP contribution in [-0.2, 0) is 9.59 Å². The molecule has 3 atom stereocenters. The van der Waals surface area contributed by atoms with Gasteiger partial charge in [-0.1, -0.05) is 30.2 Å². The Morgan fingerprint density at radius 2 is 1.85 bits per heavy atom. The van der Waals surface area contributed by atoms with Crippen molar-refractivity contribution in [3.8, 4) is 0 Å². The lowest BCUT2D eigenvalue weighted by Crippen LogP contribution is -2.54. The van der Waals surface area contributed by atoms with Gasteiger partial charge in [-0.25, -0.2) is 0 Å². The van der Waals surface area contributed by atoms with Crippen molar-refractivity contribution in [1.82, 2.24) is 5.32 Å². The van der Waals surface area contributed by atoms with E-state index in [1.807, 2.05) is 18.2 Å². The normalized spacial score (nSPS) is 32.7. The highest BCUT2D eigenvalue weighted by Gasteiger charge is 2.42. The van der Waals surface area contributed by atoms with Crippen molar-refractivity contribution in [3.63, 3.8) is 0 Å². The molecule has 1 aromatic rings. The number of fused-ring (bicyclic) bond motifs is 2. The second-order valence-corrected chi connectivity index (χ2v) is 8.48. The largest absolute Gasteiger partial charge is 0.353 e. The van der Waals surface area contributed by atoms with Crippen molar-refractivity contribution < 1.29 is 9.59 Å². The van der Waals surface area contributed by atoms with E-state index in [0.29, 0.717) is 29.1 Å². The maximum Gasteiger partial charge on any atom is 0.227 e. The number of hydrogen-bond donors (Lipinski definition) is 2. The summed E-state index contributed by atoms with van der Waals surface area (Å²) < 4.78 is 0. The highest BCUT2D eigenvalue weighted by Crippen LogP contribution is 2.40. The summed E-state index contributed by atoms with van der Waals surface area (Å²) in [6.45, 7) is 0.399. The van der Waals surface area contributed by atoms with Gasteiger partial charge in [-0.3, -0.25) is 9.59 Å². The zero-order valence-corrected chi connectivity index (χ0v) is 16.8. The smallest absolute Gasteiger partial charge is 0.227 e. The number of rotatable bonds is 3. The maximum atomic E-state index is 12.9. The first-order valence-electron chi connectivity index (χ1n) is 9.63. The SMILES string of the molecule is Cl.NC1CC2CCCC(C1)C2NC(=O)C1CC(=O)N(c2ccccc2Cl)C1. The number of para-hydroxylation sites is 1. The molecular weight excluding hydrogens is 385 g/mol. The van der Waals surface area contributed by atoms with Crippen LogP contribution in [0.1, 0.15) is 38.5 Å². The molecular formula is C20H27Cl2N3O2. The minimum absolute atomic E-state index is 0. The Labute approximate surface area is 171 Å². The number of nitrogens with one attached hydrogen (secondary N) is 1. The molecule has 1 saturated heterocycles.